The summed E-state index contributed by atoms with van der Waals surface area (Å²) in [5.41, 5.74) is -0.114. The quantitative estimate of drug-likeness (QED) is 0.559. The Morgan fingerprint density at radius 2 is 2.12 bits per heavy atom. The molecule has 0 heterocycles. The normalized spacial score (nSPS) is 19.6. The van der Waals surface area contributed by atoms with E-state index in [1.165, 1.54) is 12.8 Å². The van der Waals surface area contributed by atoms with Gasteiger partial charge in [0.15, 0.2) is 0 Å². The molecule has 1 rings (SSSR count). The van der Waals surface area contributed by atoms with E-state index in [-0.39, 0.29) is 12.1 Å². The minimum absolute atomic E-state index is 0.114. The number of methoxy groups -OCH3 is 1. The lowest BCUT2D eigenvalue weighted by Gasteiger charge is -2.31. The maximum absolute atomic E-state index is 9.49. The summed E-state index contributed by atoms with van der Waals surface area (Å²) in [4.78, 5) is 2.31. The van der Waals surface area contributed by atoms with Crippen molar-refractivity contribution in [2.75, 3.05) is 40.5 Å². The zero-order valence-corrected chi connectivity index (χ0v) is 11.5. The van der Waals surface area contributed by atoms with Gasteiger partial charge in [-0.05, 0) is 46.2 Å². The fourth-order valence-corrected chi connectivity index (χ4v) is 1.95. The average Bonchev–Trinajstić information content (AvgIpc) is 3.11. The minimum atomic E-state index is -0.114. The van der Waals surface area contributed by atoms with E-state index < -0.39 is 0 Å². The Labute approximate surface area is 105 Å². The first kappa shape index (κ1) is 14.9. The second-order valence-corrected chi connectivity index (χ2v) is 5.54. The van der Waals surface area contributed by atoms with E-state index in [2.05, 4.69) is 24.2 Å². The summed E-state index contributed by atoms with van der Waals surface area (Å²) in [5.74, 6) is 0. The van der Waals surface area contributed by atoms with Crippen LogP contribution in [0.15, 0.2) is 0 Å². The summed E-state index contributed by atoms with van der Waals surface area (Å²) in [7, 11) is 3.87. The van der Waals surface area contributed by atoms with Crippen molar-refractivity contribution in [1.29, 1.82) is 0 Å². The summed E-state index contributed by atoms with van der Waals surface area (Å²) in [6.45, 7) is 5.23. The lowest BCUT2D eigenvalue weighted by Crippen LogP contribution is -2.48. The summed E-state index contributed by atoms with van der Waals surface area (Å²) < 4.78 is 5.04. The highest BCUT2D eigenvalue weighted by atomic mass is 16.5. The molecule has 0 aliphatic heterocycles. The molecule has 1 saturated carbocycles. The van der Waals surface area contributed by atoms with Gasteiger partial charge < -0.3 is 20.1 Å². The molecule has 0 amide bonds. The van der Waals surface area contributed by atoms with Crippen molar-refractivity contribution in [3.8, 4) is 0 Å². The molecule has 4 heteroatoms. The highest BCUT2D eigenvalue weighted by Crippen LogP contribution is 2.23. The monoisotopic (exact) mass is 244 g/mol. The van der Waals surface area contributed by atoms with Crippen LogP contribution in [0.2, 0.25) is 0 Å². The molecule has 0 saturated heterocycles. The lowest BCUT2D eigenvalue weighted by molar-refractivity contribution is 0.143. The van der Waals surface area contributed by atoms with Gasteiger partial charge in [0.2, 0.25) is 0 Å². The van der Waals surface area contributed by atoms with E-state index in [1.807, 2.05) is 0 Å². The van der Waals surface area contributed by atoms with Crippen LogP contribution in [-0.4, -0.2) is 62.0 Å². The SMILES string of the molecule is COCCCN(C)CCC(C)(CO)NC1CC1. The molecule has 0 aromatic heterocycles. The van der Waals surface area contributed by atoms with Gasteiger partial charge in [-0.3, -0.25) is 0 Å². The van der Waals surface area contributed by atoms with Gasteiger partial charge in [0, 0.05) is 31.8 Å². The number of aliphatic hydroxyl groups excluding tert-OH is 1. The predicted octanol–water partition coefficient (Wildman–Crippen LogP) is 0.848. The van der Waals surface area contributed by atoms with E-state index in [0.29, 0.717) is 6.04 Å². The van der Waals surface area contributed by atoms with E-state index in [4.69, 9.17) is 4.74 Å². The Morgan fingerprint density at radius 3 is 2.65 bits per heavy atom. The first-order valence-corrected chi connectivity index (χ1v) is 6.66. The Balaban J connectivity index is 2.16. The van der Waals surface area contributed by atoms with Gasteiger partial charge in [-0.25, -0.2) is 0 Å². The smallest absolute Gasteiger partial charge is 0.0611 e. The van der Waals surface area contributed by atoms with Crippen LogP contribution in [0.1, 0.15) is 32.6 Å². The molecule has 1 aliphatic carbocycles. The van der Waals surface area contributed by atoms with Crippen LogP contribution in [0.3, 0.4) is 0 Å². The number of nitrogens with one attached hydrogen (secondary N) is 1. The lowest BCUT2D eigenvalue weighted by atomic mass is 9.98. The average molecular weight is 244 g/mol. The van der Waals surface area contributed by atoms with Crippen LogP contribution in [0.25, 0.3) is 0 Å². The standard InChI is InChI=1S/C13H28N2O2/c1-13(11-16,14-12-5-6-12)7-9-15(2)8-4-10-17-3/h12,14,16H,4-11H2,1-3H3. The van der Waals surface area contributed by atoms with Crippen LogP contribution >= 0.6 is 0 Å². The van der Waals surface area contributed by atoms with Crippen LogP contribution < -0.4 is 5.32 Å². The first-order chi connectivity index (χ1) is 8.09. The van der Waals surface area contributed by atoms with Gasteiger partial charge in [0.1, 0.15) is 0 Å². The zero-order chi connectivity index (χ0) is 12.7. The fraction of sp³-hybridized carbons (Fsp3) is 1.00. The highest BCUT2D eigenvalue weighted by molar-refractivity contribution is 4.92. The predicted molar refractivity (Wildman–Crippen MR) is 70.3 cm³/mol. The summed E-state index contributed by atoms with van der Waals surface area (Å²) >= 11 is 0. The summed E-state index contributed by atoms with van der Waals surface area (Å²) in [6.07, 6.45) is 4.58. The molecule has 1 unspecified atom stereocenters. The number of hydrogen-bond acceptors (Lipinski definition) is 4. The van der Waals surface area contributed by atoms with Crippen LogP contribution in [0.4, 0.5) is 0 Å². The van der Waals surface area contributed by atoms with Crippen molar-refractivity contribution in [2.45, 2.75) is 44.2 Å². The number of nitrogens with zero attached hydrogens (tertiary/aromatic N) is 1. The molecule has 0 radical (unpaired) electrons. The molecule has 1 aliphatic rings. The van der Waals surface area contributed by atoms with Crippen molar-refractivity contribution in [3.05, 3.63) is 0 Å². The van der Waals surface area contributed by atoms with Crippen molar-refractivity contribution in [3.63, 3.8) is 0 Å². The van der Waals surface area contributed by atoms with Crippen molar-refractivity contribution in [2.24, 2.45) is 0 Å². The van der Waals surface area contributed by atoms with Gasteiger partial charge in [-0.15, -0.1) is 0 Å². The van der Waals surface area contributed by atoms with E-state index in [9.17, 15) is 5.11 Å². The highest BCUT2D eigenvalue weighted by Gasteiger charge is 2.31. The molecule has 2 N–H and O–H groups in total. The maximum atomic E-state index is 9.49. The Hall–Kier alpha value is -0.160. The molecular formula is C13H28N2O2. The molecule has 1 atom stereocenters. The van der Waals surface area contributed by atoms with Crippen LogP contribution in [0.5, 0.6) is 0 Å². The molecule has 0 aromatic rings. The Kier molecular flexibility index (Phi) is 6.41. The second-order valence-electron chi connectivity index (χ2n) is 5.54. The Bertz CT molecular complexity index is 210. The number of hydrogen-bond donors (Lipinski definition) is 2. The van der Waals surface area contributed by atoms with Gasteiger partial charge in [0.25, 0.3) is 0 Å². The largest absolute Gasteiger partial charge is 0.394 e. The summed E-state index contributed by atoms with van der Waals surface area (Å²) in [6, 6.07) is 0.644. The van der Waals surface area contributed by atoms with Crippen LogP contribution in [-0.2, 0) is 4.74 Å². The minimum Gasteiger partial charge on any atom is -0.394 e. The number of rotatable bonds is 10. The molecule has 0 spiro atoms. The first-order valence-electron chi connectivity index (χ1n) is 6.66. The molecule has 4 nitrogen and oxygen atoms in total. The topological polar surface area (TPSA) is 44.7 Å². The summed E-state index contributed by atoms with van der Waals surface area (Å²) in [5, 5.41) is 13.0. The molecule has 0 bridgehead atoms. The van der Waals surface area contributed by atoms with E-state index >= 15 is 0 Å². The molecule has 0 aromatic carbocycles. The molecule has 17 heavy (non-hydrogen) atoms. The number of ether oxygens (including phenoxy) is 1. The van der Waals surface area contributed by atoms with E-state index in [0.717, 1.165) is 32.5 Å². The van der Waals surface area contributed by atoms with Gasteiger partial charge >= 0.3 is 0 Å². The second kappa shape index (κ2) is 7.31. The third-order valence-corrected chi connectivity index (χ3v) is 3.41. The van der Waals surface area contributed by atoms with Crippen LogP contribution in [0, 0.1) is 0 Å². The maximum Gasteiger partial charge on any atom is 0.0611 e. The third-order valence-electron chi connectivity index (χ3n) is 3.41. The Morgan fingerprint density at radius 1 is 1.41 bits per heavy atom. The van der Waals surface area contributed by atoms with Gasteiger partial charge in [-0.1, -0.05) is 0 Å². The van der Waals surface area contributed by atoms with Gasteiger partial charge in [0.05, 0.1) is 6.61 Å². The fourth-order valence-electron chi connectivity index (χ4n) is 1.95. The van der Waals surface area contributed by atoms with Crippen molar-refractivity contribution >= 4 is 0 Å². The molecule has 102 valence electrons. The van der Waals surface area contributed by atoms with Crippen molar-refractivity contribution < 1.29 is 9.84 Å². The molecular weight excluding hydrogens is 216 g/mol. The van der Waals surface area contributed by atoms with Gasteiger partial charge in [-0.2, -0.15) is 0 Å². The van der Waals surface area contributed by atoms with Crippen molar-refractivity contribution in [1.82, 2.24) is 10.2 Å². The number of aliphatic hydroxyl groups is 1. The zero-order valence-electron chi connectivity index (χ0n) is 11.5. The molecule has 1 fully saturated rings. The third kappa shape index (κ3) is 6.36. The van der Waals surface area contributed by atoms with E-state index in [1.54, 1.807) is 7.11 Å².